The number of ether oxygens (including phenoxy) is 2. The molecule has 0 saturated carbocycles. The van der Waals surface area contributed by atoms with Gasteiger partial charge in [0, 0.05) is 12.8 Å². The number of carbonyl (C=O) groups excluding carboxylic acids is 2. The fourth-order valence-corrected chi connectivity index (χ4v) is 4.82. The van der Waals surface area contributed by atoms with Crippen molar-refractivity contribution in [3.8, 4) is 0 Å². The standard InChI is InChI=1S/C36H66O5/c1-3-5-7-9-11-13-15-16-17-18-19-20-21-23-25-27-29-31-36(39)41-34(32-37)33-40-35(38)30-28-26-24-22-14-12-10-8-6-4-2/h11,13,16-17,34,37H,3-10,12,14-15,18-33H2,1-2H3/b13-11+,17-16+/t34-/m0/s1. The van der Waals surface area contributed by atoms with Gasteiger partial charge in [-0.25, -0.2) is 0 Å². The summed E-state index contributed by atoms with van der Waals surface area (Å²) >= 11 is 0. The Labute approximate surface area is 253 Å². The minimum absolute atomic E-state index is 0.0657. The second kappa shape index (κ2) is 32.9. The van der Waals surface area contributed by atoms with Crippen molar-refractivity contribution in [1.82, 2.24) is 0 Å². The molecule has 41 heavy (non-hydrogen) atoms. The third kappa shape index (κ3) is 31.2. The van der Waals surface area contributed by atoms with Crippen molar-refractivity contribution in [1.29, 1.82) is 0 Å². The molecule has 0 amide bonds. The molecule has 0 spiro atoms. The van der Waals surface area contributed by atoms with Crippen LogP contribution in [0.4, 0.5) is 0 Å². The van der Waals surface area contributed by atoms with Gasteiger partial charge in [-0.05, 0) is 44.9 Å². The highest BCUT2D eigenvalue weighted by Gasteiger charge is 2.16. The van der Waals surface area contributed by atoms with Crippen LogP contribution in [0.3, 0.4) is 0 Å². The minimum atomic E-state index is -0.768. The van der Waals surface area contributed by atoms with Crippen molar-refractivity contribution in [3.05, 3.63) is 24.3 Å². The maximum Gasteiger partial charge on any atom is 0.306 e. The first-order valence-electron chi connectivity index (χ1n) is 17.4. The predicted molar refractivity (Wildman–Crippen MR) is 173 cm³/mol. The summed E-state index contributed by atoms with van der Waals surface area (Å²) in [6.07, 6.45) is 36.6. The number of aliphatic hydroxyl groups is 1. The first kappa shape index (κ1) is 39.4. The highest BCUT2D eigenvalue weighted by atomic mass is 16.6. The summed E-state index contributed by atoms with van der Waals surface area (Å²) in [4.78, 5) is 24.1. The Hall–Kier alpha value is -1.62. The minimum Gasteiger partial charge on any atom is -0.462 e. The summed E-state index contributed by atoms with van der Waals surface area (Å²) < 4.78 is 10.5. The molecule has 1 atom stereocenters. The zero-order valence-corrected chi connectivity index (χ0v) is 27.1. The van der Waals surface area contributed by atoms with Crippen LogP contribution in [0.5, 0.6) is 0 Å². The Morgan fingerprint density at radius 3 is 1.49 bits per heavy atom. The van der Waals surface area contributed by atoms with Gasteiger partial charge in [-0.1, -0.05) is 141 Å². The SMILES string of the molecule is CCCCC/C=C/C/C=C/CCCCCCCCCC(=O)O[C@@H](CO)COC(=O)CCCCCCCCCCCC. The number of allylic oxidation sites excluding steroid dienone is 4. The highest BCUT2D eigenvalue weighted by molar-refractivity contribution is 5.70. The molecule has 0 bridgehead atoms. The van der Waals surface area contributed by atoms with Gasteiger partial charge in [0.15, 0.2) is 6.10 Å². The molecule has 0 aliphatic rings. The van der Waals surface area contributed by atoms with Gasteiger partial charge < -0.3 is 14.6 Å². The Balaban J connectivity index is 3.58. The normalized spacial score (nSPS) is 12.4. The number of esters is 2. The zero-order valence-electron chi connectivity index (χ0n) is 27.1. The Morgan fingerprint density at radius 1 is 0.561 bits per heavy atom. The van der Waals surface area contributed by atoms with Gasteiger partial charge in [-0.3, -0.25) is 9.59 Å². The van der Waals surface area contributed by atoms with E-state index >= 15 is 0 Å². The number of carbonyl (C=O) groups is 2. The molecule has 0 unspecified atom stereocenters. The van der Waals surface area contributed by atoms with Crippen LogP contribution in [0.25, 0.3) is 0 Å². The molecule has 1 N–H and O–H groups in total. The predicted octanol–water partition coefficient (Wildman–Crippen LogP) is 10.3. The van der Waals surface area contributed by atoms with Crippen molar-refractivity contribution in [2.24, 2.45) is 0 Å². The van der Waals surface area contributed by atoms with Crippen LogP contribution < -0.4 is 0 Å². The molecule has 5 heteroatoms. The Kier molecular flexibility index (Phi) is 31.6. The average molecular weight is 579 g/mol. The van der Waals surface area contributed by atoms with Crippen LogP contribution in [0, 0.1) is 0 Å². The van der Waals surface area contributed by atoms with E-state index in [-0.39, 0.29) is 25.2 Å². The van der Waals surface area contributed by atoms with Crippen molar-refractivity contribution < 1.29 is 24.2 Å². The molecule has 0 saturated heterocycles. The molecule has 0 aromatic rings. The van der Waals surface area contributed by atoms with Crippen LogP contribution in [-0.2, 0) is 19.1 Å². The average Bonchev–Trinajstić information content (AvgIpc) is 2.97. The molecule has 0 aromatic heterocycles. The number of hydrogen-bond acceptors (Lipinski definition) is 5. The van der Waals surface area contributed by atoms with E-state index in [0.717, 1.165) is 51.4 Å². The fourth-order valence-electron chi connectivity index (χ4n) is 4.82. The largest absolute Gasteiger partial charge is 0.462 e. The van der Waals surface area contributed by atoms with Gasteiger partial charge in [0.05, 0.1) is 6.61 Å². The lowest BCUT2D eigenvalue weighted by atomic mass is 10.1. The molecule has 0 aliphatic carbocycles. The summed E-state index contributed by atoms with van der Waals surface area (Å²) in [5.74, 6) is -0.599. The van der Waals surface area contributed by atoms with Gasteiger partial charge >= 0.3 is 11.9 Å². The van der Waals surface area contributed by atoms with E-state index in [0.29, 0.717) is 12.8 Å². The molecule has 0 fully saturated rings. The molecule has 0 radical (unpaired) electrons. The van der Waals surface area contributed by atoms with Crippen molar-refractivity contribution >= 4 is 11.9 Å². The molecular weight excluding hydrogens is 512 g/mol. The lowest BCUT2D eigenvalue weighted by Gasteiger charge is -2.15. The van der Waals surface area contributed by atoms with Crippen LogP contribution in [-0.4, -0.2) is 36.4 Å². The third-order valence-corrected chi connectivity index (χ3v) is 7.50. The summed E-state index contributed by atoms with van der Waals surface area (Å²) in [6, 6.07) is 0. The lowest BCUT2D eigenvalue weighted by Crippen LogP contribution is -2.28. The van der Waals surface area contributed by atoms with Crippen molar-refractivity contribution in [2.45, 2.75) is 180 Å². The second-order valence-corrected chi connectivity index (χ2v) is 11.6. The number of aliphatic hydroxyl groups excluding tert-OH is 1. The van der Waals surface area contributed by atoms with Gasteiger partial charge in [0.1, 0.15) is 6.61 Å². The molecule has 0 heterocycles. The van der Waals surface area contributed by atoms with Crippen LogP contribution in [0.1, 0.15) is 174 Å². The maximum atomic E-state index is 12.1. The first-order valence-corrected chi connectivity index (χ1v) is 17.4. The number of unbranched alkanes of at least 4 members (excludes halogenated alkanes) is 19. The summed E-state index contributed by atoms with van der Waals surface area (Å²) in [5.41, 5.74) is 0. The van der Waals surface area contributed by atoms with E-state index in [1.165, 1.54) is 96.3 Å². The summed E-state index contributed by atoms with van der Waals surface area (Å²) in [6.45, 7) is 4.08. The quantitative estimate of drug-likeness (QED) is 0.0503. The van der Waals surface area contributed by atoms with E-state index in [2.05, 4.69) is 38.2 Å². The second-order valence-electron chi connectivity index (χ2n) is 11.6. The fraction of sp³-hybridized carbons (Fsp3) is 0.833. The van der Waals surface area contributed by atoms with Gasteiger partial charge in [0.2, 0.25) is 0 Å². The van der Waals surface area contributed by atoms with E-state index in [9.17, 15) is 14.7 Å². The van der Waals surface area contributed by atoms with Gasteiger partial charge in [-0.15, -0.1) is 0 Å². The van der Waals surface area contributed by atoms with Gasteiger partial charge in [-0.2, -0.15) is 0 Å². The first-order chi connectivity index (χ1) is 20.1. The molecule has 0 aliphatic heterocycles. The summed E-state index contributed by atoms with van der Waals surface area (Å²) in [5, 5.41) is 9.50. The van der Waals surface area contributed by atoms with Crippen LogP contribution >= 0.6 is 0 Å². The smallest absolute Gasteiger partial charge is 0.306 e. The molecule has 5 nitrogen and oxygen atoms in total. The van der Waals surface area contributed by atoms with Crippen LogP contribution in [0.2, 0.25) is 0 Å². The number of hydrogen-bond donors (Lipinski definition) is 1. The molecule has 0 aromatic carbocycles. The van der Waals surface area contributed by atoms with E-state index < -0.39 is 6.10 Å². The molecule has 0 rings (SSSR count). The van der Waals surface area contributed by atoms with E-state index in [1.807, 2.05) is 0 Å². The van der Waals surface area contributed by atoms with Crippen molar-refractivity contribution in [3.63, 3.8) is 0 Å². The van der Waals surface area contributed by atoms with Crippen LogP contribution in [0.15, 0.2) is 24.3 Å². The third-order valence-electron chi connectivity index (χ3n) is 7.50. The van der Waals surface area contributed by atoms with E-state index in [4.69, 9.17) is 9.47 Å². The highest BCUT2D eigenvalue weighted by Crippen LogP contribution is 2.13. The Morgan fingerprint density at radius 2 is 0.976 bits per heavy atom. The molecular formula is C36H66O5. The van der Waals surface area contributed by atoms with Gasteiger partial charge in [0.25, 0.3) is 0 Å². The van der Waals surface area contributed by atoms with E-state index in [1.54, 1.807) is 0 Å². The topological polar surface area (TPSA) is 72.8 Å². The summed E-state index contributed by atoms with van der Waals surface area (Å²) in [7, 11) is 0. The van der Waals surface area contributed by atoms with Crippen molar-refractivity contribution in [2.75, 3.05) is 13.2 Å². The maximum absolute atomic E-state index is 12.1. The Bertz CT molecular complexity index is 627. The monoisotopic (exact) mass is 578 g/mol. The molecule has 240 valence electrons. The zero-order chi connectivity index (χ0) is 30.1. The lowest BCUT2D eigenvalue weighted by molar-refractivity contribution is -0.161. The number of rotatable bonds is 31.